The summed E-state index contributed by atoms with van der Waals surface area (Å²) < 4.78 is 21.0. The van der Waals surface area contributed by atoms with E-state index in [4.69, 9.17) is 4.74 Å². The third-order valence-corrected chi connectivity index (χ3v) is 3.25. The summed E-state index contributed by atoms with van der Waals surface area (Å²) in [5.41, 5.74) is 0. The predicted molar refractivity (Wildman–Crippen MR) is 90.3 cm³/mol. The molecule has 130 valence electrons. The first-order valence-corrected chi connectivity index (χ1v) is 7.86. The Bertz CT molecular complexity index is 672. The molecule has 1 aromatic carbocycles. The van der Waals surface area contributed by atoms with Crippen LogP contribution in [0.15, 0.2) is 35.6 Å². The largest absolute Gasteiger partial charge is 0.486 e. The van der Waals surface area contributed by atoms with Crippen LogP contribution < -0.4 is 15.4 Å². The van der Waals surface area contributed by atoms with Gasteiger partial charge in [0.15, 0.2) is 23.4 Å². The van der Waals surface area contributed by atoms with E-state index in [1.165, 1.54) is 6.07 Å². The third-order valence-electron chi connectivity index (χ3n) is 3.25. The average Bonchev–Trinajstić information content (AvgIpc) is 2.97. The number of aryl methyl sites for hydroxylation is 1. The molecule has 24 heavy (non-hydrogen) atoms. The van der Waals surface area contributed by atoms with Gasteiger partial charge in [-0.25, -0.2) is 9.38 Å². The Morgan fingerprint density at radius 2 is 2.17 bits per heavy atom. The molecule has 0 amide bonds. The van der Waals surface area contributed by atoms with Crippen LogP contribution in [-0.4, -0.2) is 39.9 Å². The third kappa shape index (κ3) is 5.22. The lowest BCUT2D eigenvalue weighted by atomic mass is 10.3. The summed E-state index contributed by atoms with van der Waals surface area (Å²) >= 11 is 0. The Hall–Kier alpha value is -2.64. The molecule has 1 atom stereocenters. The van der Waals surface area contributed by atoms with Gasteiger partial charge in [0.1, 0.15) is 19.0 Å². The summed E-state index contributed by atoms with van der Waals surface area (Å²) in [6.45, 7) is 5.48. The van der Waals surface area contributed by atoms with Crippen molar-refractivity contribution in [3.05, 3.63) is 42.2 Å². The van der Waals surface area contributed by atoms with E-state index in [0.717, 1.165) is 12.4 Å². The second-order valence-electron chi connectivity index (χ2n) is 5.29. The summed E-state index contributed by atoms with van der Waals surface area (Å²) in [5.74, 6) is 1.28. The van der Waals surface area contributed by atoms with Crippen LogP contribution >= 0.6 is 0 Å². The van der Waals surface area contributed by atoms with Gasteiger partial charge in [0, 0.05) is 13.6 Å². The molecule has 0 saturated carbocycles. The fourth-order valence-corrected chi connectivity index (χ4v) is 1.98. The lowest BCUT2D eigenvalue weighted by Gasteiger charge is -2.18. The zero-order valence-corrected chi connectivity index (χ0v) is 14.2. The first kappa shape index (κ1) is 17.7. The number of aliphatic imine (C=N–C) groups is 1. The topological polar surface area (TPSA) is 76.4 Å². The number of aromatic nitrogens is 3. The van der Waals surface area contributed by atoms with E-state index < -0.39 is 0 Å². The summed E-state index contributed by atoms with van der Waals surface area (Å²) in [6.07, 6.45) is 1.41. The zero-order valence-electron chi connectivity index (χ0n) is 14.2. The average molecular weight is 334 g/mol. The fourth-order valence-electron chi connectivity index (χ4n) is 1.98. The standard InChI is InChI=1S/C16H23FN6O/c1-4-18-16(20-10-15-22-21-11-23(15)3)19-9-12(2)24-14-8-6-5-7-13(14)17/h5-8,11-12H,4,9-10H2,1-3H3,(H2,18,19,20). The lowest BCUT2D eigenvalue weighted by molar-refractivity contribution is 0.214. The molecule has 1 heterocycles. The zero-order chi connectivity index (χ0) is 17.4. The van der Waals surface area contributed by atoms with Gasteiger partial charge in [-0.2, -0.15) is 0 Å². The Morgan fingerprint density at radius 3 is 2.83 bits per heavy atom. The number of halogens is 1. The van der Waals surface area contributed by atoms with Crippen molar-refractivity contribution in [2.75, 3.05) is 13.1 Å². The van der Waals surface area contributed by atoms with Gasteiger partial charge >= 0.3 is 0 Å². The first-order chi connectivity index (χ1) is 11.6. The number of hydrogen-bond donors (Lipinski definition) is 2. The Morgan fingerprint density at radius 1 is 1.38 bits per heavy atom. The molecule has 0 saturated heterocycles. The van der Waals surface area contributed by atoms with Crippen molar-refractivity contribution >= 4 is 5.96 Å². The van der Waals surface area contributed by atoms with Crippen molar-refractivity contribution in [3.63, 3.8) is 0 Å². The Kier molecular flexibility index (Phi) is 6.53. The van der Waals surface area contributed by atoms with E-state index in [9.17, 15) is 4.39 Å². The molecule has 0 spiro atoms. The number of para-hydroxylation sites is 1. The highest BCUT2D eigenvalue weighted by Crippen LogP contribution is 2.16. The molecule has 8 heteroatoms. The van der Waals surface area contributed by atoms with Crippen molar-refractivity contribution < 1.29 is 9.13 Å². The fraction of sp³-hybridized carbons (Fsp3) is 0.438. The number of ether oxygens (including phenoxy) is 1. The van der Waals surface area contributed by atoms with E-state index in [2.05, 4.69) is 25.8 Å². The normalized spacial score (nSPS) is 12.8. The first-order valence-electron chi connectivity index (χ1n) is 7.86. The second kappa shape index (κ2) is 8.85. The quantitative estimate of drug-likeness (QED) is 0.592. The van der Waals surface area contributed by atoms with Crippen LogP contribution in [0.4, 0.5) is 4.39 Å². The van der Waals surface area contributed by atoms with Crippen molar-refractivity contribution in [2.24, 2.45) is 12.0 Å². The molecule has 2 aromatic rings. The maximum absolute atomic E-state index is 13.6. The van der Waals surface area contributed by atoms with Crippen LogP contribution in [0.25, 0.3) is 0 Å². The molecule has 0 bridgehead atoms. The second-order valence-corrected chi connectivity index (χ2v) is 5.29. The highest BCUT2D eigenvalue weighted by molar-refractivity contribution is 5.79. The summed E-state index contributed by atoms with van der Waals surface area (Å²) in [7, 11) is 1.87. The number of rotatable bonds is 7. The monoisotopic (exact) mass is 334 g/mol. The van der Waals surface area contributed by atoms with Crippen LogP contribution in [0.3, 0.4) is 0 Å². The van der Waals surface area contributed by atoms with Gasteiger partial charge in [-0.3, -0.25) is 0 Å². The number of nitrogens with one attached hydrogen (secondary N) is 2. The minimum atomic E-state index is -0.368. The number of hydrogen-bond acceptors (Lipinski definition) is 4. The SMILES string of the molecule is CCNC(=NCc1nncn1C)NCC(C)Oc1ccccc1F. The Labute approximate surface area is 141 Å². The van der Waals surface area contributed by atoms with Gasteiger partial charge < -0.3 is 19.9 Å². The van der Waals surface area contributed by atoms with E-state index in [1.54, 1.807) is 24.5 Å². The minimum Gasteiger partial charge on any atom is -0.486 e. The lowest BCUT2D eigenvalue weighted by Crippen LogP contribution is -2.41. The molecular weight excluding hydrogens is 311 g/mol. The number of guanidine groups is 1. The molecule has 1 aromatic heterocycles. The van der Waals surface area contributed by atoms with Crippen LogP contribution in [-0.2, 0) is 13.6 Å². The molecule has 2 rings (SSSR count). The van der Waals surface area contributed by atoms with Crippen molar-refractivity contribution in [3.8, 4) is 5.75 Å². The van der Waals surface area contributed by atoms with E-state index >= 15 is 0 Å². The summed E-state index contributed by atoms with van der Waals surface area (Å²) in [4.78, 5) is 4.45. The van der Waals surface area contributed by atoms with E-state index in [1.807, 2.05) is 25.5 Å². The van der Waals surface area contributed by atoms with Crippen molar-refractivity contribution in [2.45, 2.75) is 26.5 Å². The van der Waals surface area contributed by atoms with Crippen LogP contribution in [0, 0.1) is 5.82 Å². The smallest absolute Gasteiger partial charge is 0.191 e. The Balaban J connectivity index is 1.88. The van der Waals surface area contributed by atoms with Gasteiger partial charge in [0.2, 0.25) is 0 Å². The maximum Gasteiger partial charge on any atom is 0.191 e. The van der Waals surface area contributed by atoms with Gasteiger partial charge in [-0.05, 0) is 26.0 Å². The van der Waals surface area contributed by atoms with Crippen LogP contribution in [0.5, 0.6) is 5.75 Å². The van der Waals surface area contributed by atoms with E-state index in [0.29, 0.717) is 19.0 Å². The van der Waals surface area contributed by atoms with Gasteiger partial charge in [0.25, 0.3) is 0 Å². The van der Waals surface area contributed by atoms with Crippen LogP contribution in [0.1, 0.15) is 19.7 Å². The molecule has 0 fully saturated rings. The van der Waals surface area contributed by atoms with Crippen molar-refractivity contribution in [1.82, 2.24) is 25.4 Å². The number of nitrogens with zero attached hydrogens (tertiary/aromatic N) is 4. The van der Waals surface area contributed by atoms with Gasteiger partial charge in [0.05, 0.1) is 6.54 Å². The molecule has 0 aliphatic carbocycles. The molecule has 2 N–H and O–H groups in total. The van der Waals surface area contributed by atoms with Gasteiger partial charge in [-0.1, -0.05) is 12.1 Å². The highest BCUT2D eigenvalue weighted by atomic mass is 19.1. The molecular formula is C16H23FN6O. The van der Waals surface area contributed by atoms with Crippen molar-refractivity contribution in [1.29, 1.82) is 0 Å². The molecule has 0 aliphatic heterocycles. The molecule has 0 aliphatic rings. The van der Waals surface area contributed by atoms with E-state index in [-0.39, 0.29) is 17.7 Å². The molecule has 0 radical (unpaired) electrons. The maximum atomic E-state index is 13.6. The van der Waals surface area contributed by atoms with Crippen LogP contribution in [0.2, 0.25) is 0 Å². The molecule has 7 nitrogen and oxygen atoms in total. The highest BCUT2D eigenvalue weighted by Gasteiger charge is 2.09. The summed E-state index contributed by atoms with van der Waals surface area (Å²) in [5, 5.41) is 14.1. The number of benzene rings is 1. The van der Waals surface area contributed by atoms with Gasteiger partial charge in [-0.15, -0.1) is 10.2 Å². The molecule has 1 unspecified atom stereocenters. The minimum absolute atomic E-state index is 0.222. The predicted octanol–water partition coefficient (Wildman–Crippen LogP) is 1.48. The summed E-state index contributed by atoms with van der Waals surface area (Å²) in [6, 6.07) is 6.36.